The molecule has 0 unspecified atom stereocenters. The number of halogens is 2. The smallest absolute Gasteiger partial charge is 0.293 e. The number of likely N-dealkylation sites (N-methyl/N-ethyl adjacent to an activating group) is 1. The number of thioether (sulfide) groups is 1. The second-order valence-corrected chi connectivity index (χ2v) is 5.76. The Labute approximate surface area is 128 Å². The fourth-order valence-electron chi connectivity index (χ4n) is 1.51. The van der Waals surface area contributed by atoms with Crippen molar-refractivity contribution < 1.29 is 19.1 Å². The van der Waals surface area contributed by atoms with E-state index in [1.165, 1.54) is 26.1 Å². The Balaban J connectivity index is 0.00000200. The summed E-state index contributed by atoms with van der Waals surface area (Å²) in [7, 11) is 1.38. The predicted molar refractivity (Wildman–Crippen MR) is 81.0 cm³/mol. The molecule has 1 N–H and O–H groups in total. The molecule has 2 amide bonds. The molecule has 0 aromatic heterocycles. The van der Waals surface area contributed by atoms with E-state index >= 15 is 0 Å². The topological polar surface area (TPSA) is 57.6 Å². The molecule has 1 heterocycles. The number of amides is 2. The summed E-state index contributed by atoms with van der Waals surface area (Å²) in [4.78, 5) is 24.2. The van der Waals surface area contributed by atoms with E-state index in [0.29, 0.717) is 5.56 Å². The van der Waals surface area contributed by atoms with Gasteiger partial charge in [0.05, 0.1) is 9.38 Å². The highest BCUT2D eigenvalue weighted by Crippen LogP contribution is 2.35. The van der Waals surface area contributed by atoms with Crippen LogP contribution in [0, 0.1) is 12.7 Å². The van der Waals surface area contributed by atoms with Crippen LogP contribution in [0.15, 0.2) is 15.4 Å². The van der Waals surface area contributed by atoms with Gasteiger partial charge in [-0.3, -0.25) is 14.5 Å². The molecule has 2 rings (SSSR count). The van der Waals surface area contributed by atoms with Crippen LogP contribution in [0.4, 0.5) is 9.18 Å². The Morgan fingerprint density at radius 2 is 2.05 bits per heavy atom. The predicted octanol–water partition coefficient (Wildman–Crippen LogP) is 3.90. The molecule has 4 nitrogen and oxygen atoms in total. The Hall–Kier alpha value is -1.34. The molecule has 0 saturated carbocycles. The standard InChI is InChI=1S/C12H9BrFNO3S.CH4/c1-5-7(16)3-6(9(13)10(5)14)4-8-11(17)15(2)12(18)19-8;/h3-4,16H,1-2H3;1H4/b8-4-;. The number of imide groups is 1. The second kappa shape index (κ2) is 5.97. The fourth-order valence-corrected chi connectivity index (χ4v) is 2.86. The Bertz CT molecular complexity index is 631. The Morgan fingerprint density at radius 3 is 2.55 bits per heavy atom. The van der Waals surface area contributed by atoms with E-state index in [1.54, 1.807) is 0 Å². The zero-order valence-electron chi connectivity index (χ0n) is 10.0. The Morgan fingerprint density at radius 1 is 1.45 bits per heavy atom. The van der Waals surface area contributed by atoms with E-state index in [9.17, 15) is 19.1 Å². The molecule has 1 aromatic rings. The van der Waals surface area contributed by atoms with Crippen molar-refractivity contribution in [2.24, 2.45) is 0 Å². The third-order valence-corrected chi connectivity index (χ3v) is 4.49. The quantitative estimate of drug-likeness (QED) is 0.770. The molecule has 1 fully saturated rings. The number of carbonyl (C=O) groups excluding carboxylic acids is 2. The highest BCUT2D eigenvalue weighted by Gasteiger charge is 2.32. The number of benzene rings is 1. The van der Waals surface area contributed by atoms with Crippen LogP contribution < -0.4 is 0 Å². The first-order valence-electron chi connectivity index (χ1n) is 5.22. The highest BCUT2D eigenvalue weighted by atomic mass is 79.9. The van der Waals surface area contributed by atoms with E-state index in [0.717, 1.165) is 16.7 Å². The molecule has 0 aliphatic carbocycles. The lowest BCUT2D eigenvalue weighted by Gasteiger charge is -2.07. The van der Waals surface area contributed by atoms with Crippen molar-refractivity contribution in [3.05, 3.63) is 32.4 Å². The molecule has 1 aliphatic heterocycles. The molecule has 1 saturated heterocycles. The van der Waals surface area contributed by atoms with Crippen molar-refractivity contribution in [2.45, 2.75) is 14.4 Å². The van der Waals surface area contributed by atoms with Gasteiger partial charge in [-0.25, -0.2) is 4.39 Å². The lowest BCUT2D eigenvalue weighted by molar-refractivity contribution is -0.121. The van der Waals surface area contributed by atoms with Gasteiger partial charge in [-0.15, -0.1) is 0 Å². The largest absolute Gasteiger partial charge is 0.508 e. The normalized spacial score (nSPS) is 16.8. The molecular formula is C13H13BrFNO3S. The van der Waals surface area contributed by atoms with Gasteiger partial charge in [-0.05, 0) is 52.3 Å². The number of aromatic hydroxyl groups is 1. The van der Waals surface area contributed by atoms with Gasteiger partial charge in [0.1, 0.15) is 11.6 Å². The maximum absolute atomic E-state index is 13.8. The third kappa shape index (κ3) is 2.73. The minimum Gasteiger partial charge on any atom is -0.508 e. The SMILES string of the molecule is C.Cc1c(O)cc(/C=C2\SC(=O)N(C)C2=O)c(Br)c1F. The van der Waals surface area contributed by atoms with Crippen LogP contribution in [-0.4, -0.2) is 28.2 Å². The molecule has 0 bridgehead atoms. The molecular weight excluding hydrogens is 349 g/mol. The molecule has 108 valence electrons. The summed E-state index contributed by atoms with van der Waals surface area (Å²) >= 11 is 3.85. The number of nitrogens with zero attached hydrogens (tertiary/aromatic N) is 1. The number of phenols is 1. The van der Waals surface area contributed by atoms with E-state index < -0.39 is 11.7 Å². The summed E-state index contributed by atoms with van der Waals surface area (Å²) in [6.45, 7) is 1.44. The van der Waals surface area contributed by atoms with Gasteiger partial charge in [0.2, 0.25) is 0 Å². The van der Waals surface area contributed by atoms with Crippen LogP contribution in [0.1, 0.15) is 18.6 Å². The van der Waals surface area contributed by atoms with Crippen LogP contribution in [0.5, 0.6) is 5.75 Å². The van der Waals surface area contributed by atoms with Gasteiger partial charge in [-0.1, -0.05) is 7.43 Å². The monoisotopic (exact) mass is 361 g/mol. The highest BCUT2D eigenvalue weighted by molar-refractivity contribution is 9.10. The fraction of sp³-hybridized carbons (Fsp3) is 0.231. The Kier molecular flexibility index (Phi) is 4.99. The number of hydrogen-bond donors (Lipinski definition) is 1. The number of phenolic OH excluding ortho intramolecular Hbond substituents is 1. The molecule has 0 radical (unpaired) electrons. The molecule has 1 aromatic carbocycles. The summed E-state index contributed by atoms with van der Waals surface area (Å²) in [6.07, 6.45) is 1.38. The van der Waals surface area contributed by atoms with Crippen molar-refractivity contribution in [3.8, 4) is 5.75 Å². The van der Waals surface area contributed by atoms with Gasteiger partial charge in [-0.2, -0.15) is 0 Å². The van der Waals surface area contributed by atoms with Crippen molar-refractivity contribution in [3.63, 3.8) is 0 Å². The molecule has 0 atom stereocenters. The van der Waals surface area contributed by atoms with E-state index in [-0.39, 0.29) is 33.4 Å². The van der Waals surface area contributed by atoms with Gasteiger partial charge < -0.3 is 5.11 Å². The van der Waals surface area contributed by atoms with Crippen molar-refractivity contribution in [2.75, 3.05) is 7.05 Å². The van der Waals surface area contributed by atoms with Crippen LogP contribution in [0.25, 0.3) is 6.08 Å². The first-order chi connectivity index (χ1) is 8.82. The summed E-state index contributed by atoms with van der Waals surface area (Å²) in [5.41, 5.74) is 0.423. The third-order valence-electron chi connectivity index (χ3n) is 2.72. The van der Waals surface area contributed by atoms with E-state index in [1.807, 2.05) is 0 Å². The first-order valence-corrected chi connectivity index (χ1v) is 6.83. The number of hydrogen-bond acceptors (Lipinski definition) is 4. The van der Waals surface area contributed by atoms with Crippen molar-refractivity contribution in [1.82, 2.24) is 4.90 Å². The number of rotatable bonds is 1. The van der Waals surface area contributed by atoms with Gasteiger partial charge in [0.15, 0.2) is 0 Å². The summed E-state index contributed by atoms with van der Waals surface area (Å²) in [5, 5.41) is 9.20. The second-order valence-electron chi connectivity index (χ2n) is 3.98. The van der Waals surface area contributed by atoms with Gasteiger partial charge in [0.25, 0.3) is 11.1 Å². The zero-order valence-corrected chi connectivity index (χ0v) is 12.4. The summed E-state index contributed by atoms with van der Waals surface area (Å²) in [6, 6.07) is 1.34. The van der Waals surface area contributed by atoms with Crippen LogP contribution in [0.3, 0.4) is 0 Å². The lowest BCUT2D eigenvalue weighted by atomic mass is 10.1. The minimum atomic E-state index is -0.595. The van der Waals surface area contributed by atoms with E-state index in [4.69, 9.17) is 0 Å². The molecule has 0 spiro atoms. The minimum absolute atomic E-state index is 0. The van der Waals surface area contributed by atoms with Crippen LogP contribution in [0.2, 0.25) is 0 Å². The summed E-state index contributed by atoms with van der Waals surface area (Å²) < 4.78 is 13.9. The van der Waals surface area contributed by atoms with Gasteiger partial charge >= 0.3 is 0 Å². The maximum atomic E-state index is 13.8. The zero-order chi connectivity index (χ0) is 14.3. The summed E-state index contributed by atoms with van der Waals surface area (Å²) in [5.74, 6) is -1.24. The molecule has 20 heavy (non-hydrogen) atoms. The van der Waals surface area contributed by atoms with Crippen molar-refractivity contribution >= 4 is 44.9 Å². The van der Waals surface area contributed by atoms with Gasteiger partial charge in [0, 0.05) is 12.6 Å². The van der Waals surface area contributed by atoms with E-state index in [2.05, 4.69) is 15.9 Å². The lowest BCUT2D eigenvalue weighted by Crippen LogP contribution is -2.22. The molecule has 1 aliphatic rings. The molecule has 7 heteroatoms. The average molecular weight is 362 g/mol. The van der Waals surface area contributed by atoms with Crippen molar-refractivity contribution in [1.29, 1.82) is 0 Å². The maximum Gasteiger partial charge on any atom is 0.293 e. The first kappa shape index (κ1) is 16.7. The van der Waals surface area contributed by atoms with Crippen LogP contribution >= 0.6 is 27.7 Å². The van der Waals surface area contributed by atoms with Crippen LogP contribution in [-0.2, 0) is 4.79 Å². The average Bonchev–Trinajstić information content (AvgIpc) is 2.61. The number of carbonyl (C=O) groups is 2.